The van der Waals surface area contributed by atoms with Crippen LogP contribution >= 0.6 is 0 Å². The van der Waals surface area contributed by atoms with Crippen LogP contribution in [0.25, 0.3) is 27.5 Å². The van der Waals surface area contributed by atoms with Crippen molar-refractivity contribution < 1.29 is 0 Å². The second kappa shape index (κ2) is 4.85. The van der Waals surface area contributed by atoms with Gasteiger partial charge in [0.1, 0.15) is 0 Å². The van der Waals surface area contributed by atoms with E-state index in [2.05, 4.69) is 23.6 Å². The Labute approximate surface area is 128 Å². The minimum atomic E-state index is 0.0936. The van der Waals surface area contributed by atoms with E-state index in [-0.39, 0.29) is 5.43 Å². The van der Waals surface area contributed by atoms with Gasteiger partial charge in [-0.3, -0.25) is 4.79 Å². The minimum absolute atomic E-state index is 0.0936. The maximum Gasteiger partial charge on any atom is 0.197 e. The fraction of sp³-hybridized carbons (Fsp3) is 0.0500. The standard InChI is InChI=1S/C20H15NO/c1-14-8-2-5-11-17(14)21-18-12-6-3-9-15(18)20(22)16-10-4-7-13-19(16)21/h2-13H,1H3. The van der Waals surface area contributed by atoms with Crippen molar-refractivity contribution in [1.29, 1.82) is 0 Å². The lowest BCUT2D eigenvalue weighted by molar-refractivity contribution is 1.13. The zero-order chi connectivity index (χ0) is 15.1. The summed E-state index contributed by atoms with van der Waals surface area (Å²) >= 11 is 0. The number of benzene rings is 3. The number of hydrogen-bond acceptors (Lipinski definition) is 1. The van der Waals surface area contributed by atoms with Crippen molar-refractivity contribution in [3.63, 3.8) is 0 Å². The molecule has 0 saturated carbocycles. The van der Waals surface area contributed by atoms with Crippen LogP contribution in [0.3, 0.4) is 0 Å². The number of hydrogen-bond donors (Lipinski definition) is 0. The summed E-state index contributed by atoms with van der Waals surface area (Å²) in [5.41, 5.74) is 4.27. The predicted octanol–water partition coefficient (Wildman–Crippen LogP) is 4.45. The first-order valence-corrected chi connectivity index (χ1v) is 7.36. The molecule has 1 heterocycles. The van der Waals surface area contributed by atoms with E-state index in [1.165, 1.54) is 5.56 Å². The zero-order valence-electron chi connectivity index (χ0n) is 12.3. The number of rotatable bonds is 1. The molecule has 2 heteroatoms. The number of aryl methyl sites for hydroxylation is 1. The number of fused-ring (bicyclic) bond motifs is 2. The molecule has 0 radical (unpaired) electrons. The van der Waals surface area contributed by atoms with E-state index in [0.717, 1.165) is 27.5 Å². The minimum Gasteiger partial charge on any atom is -0.309 e. The molecule has 2 nitrogen and oxygen atoms in total. The third kappa shape index (κ3) is 1.77. The number of para-hydroxylation sites is 3. The lowest BCUT2D eigenvalue weighted by Gasteiger charge is -2.17. The van der Waals surface area contributed by atoms with Crippen LogP contribution in [0, 0.1) is 6.92 Å². The Hall–Kier alpha value is -2.87. The SMILES string of the molecule is Cc1ccccc1-n1c2ccccc2c(=O)c2ccccc21. The van der Waals surface area contributed by atoms with Crippen molar-refractivity contribution >= 4 is 21.8 Å². The molecule has 4 aromatic rings. The zero-order valence-corrected chi connectivity index (χ0v) is 12.3. The van der Waals surface area contributed by atoms with Crippen LogP contribution in [-0.2, 0) is 0 Å². The molecule has 0 spiro atoms. The summed E-state index contributed by atoms with van der Waals surface area (Å²) < 4.78 is 2.18. The van der Waals surface area contributed by atoms with Gasteiger partial charge in [-0.2, -0.15) is 0 Å². The van der Waals surface area contributed by atoms with Gasteiger partial charge < -0.3 is 4.57 Å². The normalized spacial score (nSPS) is 11.1. The number of pyridine rings is 1. The first-order chi connectivity index (χ1) is 10.8. The summed E-state index contributed by atoms with van der Waals surface area (Å²) in [6.07, 6.45) is 0. The smallest absolute Gasteiger partial charge is 0.197 e. The van der Waals surface area contributed by atoms with E-state index in [0.29, 0.717) is 0 Å². The lowest BCUT2D eigenvalue weighted by atomic mass is 10.1. The third-order valence-corrected chi connectivity index (χ3v) is 4.14. The van der Waals surface area contributed by atoms with Gasteiger partial charge in [-0.1, -0.05) is 42.5 Å². The van der Waals surface area contributed by atoms with Crippen LogP contribution in [0.2, 0.25) is 0 Å². The first-order valence-electron chi connectivity index (χ1n) is 7.36. The molecule has 0 aliphatic heterocycles. The van der Waals surface area contributed by atoms with E-state index in [1.54, 1.807) is 0 Å². The molecule has 1 aromatic heterocycles. The highest BCUT2D eigenvalue weighted by Crippen LogP contribution is 2.25. The largest absolute Gasteiger partial charge is 0.309 e. The number of nitrogens with zero attached hydrogens (tertiary/aromatic N) is 1. The molecule has 106 valence electrons. The van der Waals surface area contributed by atoms with E-state index in [1.807, 2.05) is 60.7 Å². The fourth-order valence-corrected chi connectivity index (χ4v) is 3.07. The van der Waals surface area contributed by atoms with Crippen molar-refractivity contribution in [2.45, 2.75) is 6.92 Å². The summed E-state index contributed by atoms with van der Waals surface area (Å²) in [5.74, 6) is 0. The van der Waals surface area contributed by atoms with Crippen LogP contribution in [-0.4, -0.2) is 4.57 Å². The Morgan fingerprint density at radius 3 is 1.77 bits per heavy atom. The van der Waals surface area contributed by atoms with Gasteiger partial charge in [0.25, 0.3) is 0 Å². The third-order valence-electron chi connectivity index (χ3n) is 4.14. The molecule has 0 aliphatic carbocycles. The molecule has 0 amide bonds. The molecule has 22 heavy (non-hydrogen) atoms. The van der Waals surface area contributed by atoms with Gasteiger partial charge in [0.15, 0.2) is 5.43 Å². The van der Waals surface area contributed by atoms with E-state index in [4.69, 9.17) is 0 Å². The van der Waals surface area contributed by atoms with Crippen LogP contribution in [0.1, 0.15) is 5.56 Å². The van der Waals surface area contributed by atoms with Crippen molar-refractivity contribution in [2.75, 3.05) is 0 Å². The van der Waals surface area contributed by atoms with Gasteiger partial charge in [-0.25, -0.2) is 0 Å². The van der Waals surface area contributed by atoms with Crippen molar-refractivity contribution in [3.8, 4) is 5.69 Å². The molecule has 0 saturated heterocycles. The average molecular weight is 285 g/mol. The summed E-state index contributed by atoms with van der Waals surface area (Å²) in [7, 11) is 0. The van der Waals surface area contributed by atoms with Gasteiger partial charge in [0.05, 0.1) is 11.0 Å². The van der Waals surface area contributed by atoms with Gasteiger partial charge in [-0.15, -0.1) is 0 Å². The van der Waals surface area contributed by atoms with Crippen LogP contribution in [0.15, 0.2) is 77.6 Å². The highest BCUT2D eigenvalue weighted by Gasteiger charge is 2.12. The Balaban J connectivity index is 2.32. The molecule has 0 fully saturated rings. The van der Waals surface area contributed by atoms with Crippen LogP contribution < -0.4 is 5.43 Å². The van der Waals surface area contributed by atoms with Gasteiger partial charge in [-0.05, 0) is 42.8 Å². The molecule has 3 aromatic carbocycles. The Morgan fingerprint density at radius 2 is 1.18 bits per heavy atom. The molecular formula is C20H15NO. The van der Waals surface area contributed by atoms with Gasteiger partial charge >= 0.3 is 0 Å². The van der Waals surface area contributed by atoms with E-state index >= 15 is 0 Å². The predicted molar refractivity (Wildman–Crippen MR) is 91.8 cm³/mol. The van der Waals surface area contributed by atoms with E-state index < -0.39 is 0 Å². The highest BCUT2D eigenvalue weighted by molar-refractivity contribution is 5.95. The van der Waals surface area contributed by atoms with Gasteiger partial charge in [0.2, 0.25) is 0 Å². The lowest BCUT2D eigenvalue weighted by Crippen LogP contribution is -2.10. The summed E-state index contributed by atoms with van der Waals surface area (Å²) in [4.78, 5) is 12.7. The summed E-state index contributed by atoms with van der Waals surface area (Å²) in [5, 5.41) is 1.51. The molecular weight excluding hydrogens is 270 g/mol. The monoisotopic (exact) mass is 285 g/mol. The molecule has 0 bridgehead atoms. The number of aromatic nitrogens is 1. The van der Waals surface area contributed by atoms with Gasteiger partial charge in [0, 0.05) is 16.5 Å². The molecule has 0 unspecified atom stereocenters. The Morgan fingerprint density at radius 1 is 0.682 bits per heavy atom. The quantitative estimate of drug-likeness (QED) is 0.473. The first kappa shape index (κ1) is 12.8. The molecule has 0 aliphatic rings. The summed E-state index contributed by atoms with van der Waals surface area (Å²) in [6, 6.07) is 23.9. The second-order valence-corrected chi connectivity index (χ2v) is 5.49. The Bertz CT molecular complexity index is 1000. The maximum absolute atomic E-state index is 12.7. The molecule has 0 N–H and O–H groups in total. The molecule has 4 rings (SSSR count). The van der Waals surface area contributed by atoms with Crippen LogP contribution in [0.4, 0.5) is 0 Å². The van der Waals surface area contributed by atoms with Crippen molar-refractivity contribution in [1.82, 2.24) is 4.57 Å². The topological polar surface area (TPSA) is 22.0 Å². The second-order valence-electron chi connectivity index (χ2n) is 5.49. The average Bonchev–Trinajstić information content (AvgIpc) is 2.57. The highest BCUT2D eigenvalue weighted by atomic mass is 16.1. The van der Waals surface area contributed by atoms with Crippen molar-refractivity contribution in [3.05, 3.63) is 88.6 Å². The van der Waals surface area contributed by atoms with E-state index in [9.17, 15) is 4.79 Å². The fourth-order valence-electron chi connectivity index (χ4n) is 3.07. The molecule has 0 atom stereocenters. The summed E-state index contributed by atoms with van der Waals surface area (Å²) in [6.45, 7) is 2.09. The van der Waals surface area contributed by atoms with Crippen molar-refractivity contribution in [2.24, 2.45) is 0 Å². The van der Waals surface area contributed by atoms with Crippen LogP contribution in [0.5, 0.6) is 0 Å². The maximum atomic E-state index is 12.7. The Kier molecular flexibility index (Phi) is 2.83.